The van der Waals surface area contributed by atoms with Gasteiger partial charge in [0.05, 0.1) is 24.5 Å². The van der Waals surface area contributed by atoms with Crippen LogP contribution in [0.25, 0.3) is 0 Å². The van der Waals surface area contributed by atoms with Gasteiger partial charge in [-0.2, -0.15) is 5.10 Å². The number of aromatic nitrogens is 2. The van der Waals surface area contributed by atoms with Gasteiger partial charge in [-0.15, -0.1) is 0 Å². The number of alkyl halides is 2. The van der Waals surface area contributed by atoms with Gasteiger partial charge < -0.3 is 15.7 Å². The van der Waals surface area contributed by atoms with E-state index in [-0.39, 0.29) is 17.9 Å². The second-order valence-corrected chi connectivity index (χ2v) is 4.03. The molecule has 1 aromatic rings. The highest BCUT2D eigenvalue weighted by atomic mass is 19.3. The van der Waals surface area contributed by atoms with Crippen molar-refractivity contribution in [3.05, 3.63) is 11.4 Å². The smallest absolute Gasteiger partial charge is 0.274 e. The van der Waals surface area contributed by atoms with E-state index >= 15 is 0 Å². The van der Waals surface area contributed by atoms with Crippen molar-refractivity contribution < 1.29 is 18.7 Å². The molecule has 6 nitrogen and oxygen atoms in total. The molecule has 0 unspecified atom stereocenters. The number of hydrogen-bond donors (Lipinski definition) is 2. The lowest BCUT2D eigenvalue weighted by Gasteiger charge is -2.21. The standard InChI is InChI=1S/C11H18F2N4O2/c1-3-17-10(9(14)7(2)15-17)11(19)16(4-5-18)6-8(12)13/h8,18H,3-6,14H2,1-2H3. The minimum Gasteiger partial charge on any atom is -0.395 e. The molecule has 1 amide bonds. The Balaban J connectivity index is 3.08. The van der Waals surface area contributed by atoms with Crippen LogP contribution < -0.4 is 5.73 Å². The van der Waals surface area contributed by atoms with E-state index in [0.29, 0.717) is 12.2 Å². The van der Waals surface area contributed by atoms with Crippen LogP contribution in [0.1, 0.15) is 23.1 Å². The van der Waals surface area contributed by atoms with Gasteiger partial charge in [0.25, 0.3) is 12.3 Å². The van der Waals surface area contributed by atoms with Gasteiger partial charge in [0.15, 0.2) is 0 Å². The van der Waals surface area contributed by atoms with E-state index in [1.54, 1.807) is 13.8 Å². The van der Waals surface area contributed by atoms with E-state index in [1.807, 2.05) is 0 Å². The van der Waals surface area contributed by atoms with Gasteiger partial charge >= 0.3 is 0 Å². The van der Waals surface area contributed by atoms with Crippen molar-refractivity contribution in [1.82, 2.24) is 14.7 Å². The normalized spacial score (nSPS) is 11.1. The van der Waals surface area contributed by atoms with Crippen LogP contribution in [0, 0.1) is 6.92 Å². The maximum Gasteiger partial charge on any atom is 0.274 e. The van der Waals surface area contributed by atoms with Crippen LogP contribution in [0.3, 0.4) is 0 Å². The summed E-state index contributed by atoms with van der Waals surface area (Å²) in [5.41, 5.74) is 6.52. The van der Waals surface area contributed by atoms with Crippen molar-refractivity contribution in [2.45, 2.75) is 26.8 Å². The van der Waals surface area contributed by atoms with Crippen LogP contribution in [0.4, 0.5) is 14.5 Å². The number of aliphatic hydroxyl groups is 1. The molecule has 0 saturated heterocycles. The van der Waals surface area contributed by atoms with E-state index in [2.05, 4.69) is 5.10 Å². The summed E-state index contributed by atoms with van der Waals surface area (Å²) in [6.07, 6.45) is -2.67. The third-order valence-electron chi connectivity index (χ3n) is 2.69. The minimum atomic E-state index is -2.67. The molecule has 0 bridgehead atoms. The maximum absolute atomic E-state index is 12.4. The van der Waals surface area contributed by atoms with Gasteiger partial charge in [-0.3, -0.25) is 9.48 Å². The Morgan fingerprint density at radius 3 is 2.68 bits per heavy atom. The average molecular weight is 276 g/mol. The second kappa shape index (κ2) is 6.46. The first-order valence-electron chi connectivity index (χ1n) is 5.93. The van der Waals surface area contributed by atoms with Crippen LogP contribution in [0.5, 0.6) is 0 Å². The zero-order valence-corrected chi connectivity index (χ0v) is 10.9. The molecular formula is C11H18F2N4O2. The quantitative estimate of drug-likeness (QED) is 0.792. The fourth-order valence-corrected chi connectivity index (χ4v) is 1.76. The Hall–Kier alpha value is -1.70. The fraction of sp³-hybridized carbons (Fsp3) is 0.636. The lowest BCUT2D eigenvalue weighted by Crippen LogP contribution is -2.38. The van der Waals surface area contributed by atoms with Crippen LogP contribution in [-0.4, -0.2) is 51.8 Å². The Kier molecular flexibility index (Phi) is 5.22. The highest BCUT2D eigenvalue weighted by molar-refractivity contribution is 5.98. The highest BCUT2D eigenvalue weighted by Crippen LogP contribution is 2.19. The Labute approximate surface area is 109 Å². The van der Waals surface area contributed by atoms with Crippen molar-refractivity contribution in [3.8, 4) is 0 Å². The summed E-state index contributed by atoms with van der Waals surface area (Å²) >= 11 is 0. The molecule has 8 heteroatoms. The van der Waals surface area contributed by atoms with E-state index < -0.39 is 25.5 Å². The third-order valence-corrected chi connectivity index (χ3v) is 2.69. The summed E-state index contributed by atoms with van der Waals surface area (Å²) in [6.45, 7) is 2.51. The highest BCUT2D eigenvalue weighted by Gasteiger charge is 2.26. The zero-order chi connectivity index (χ0) is 14.6. The lowest BCUT2D eigenvalue weighted by atomic mass is 10.2. The zero-order valence-electron chi connectivity index (χ0n) is 10.9. The van der Waals surface area contributed by atoms with Gasteiger partial charge in [-0.1, -0.05) is 0 Å². The van der Waals surface area contributed by atoms with Gasteiger partial charge in [0, 0.05) is 13.1 Å². The van der Waals surface area contributed by atoms with E-state index in [9.17, 15) is 13.6 Å². The van der Waals surface area contributed by atoms with Gasteiger partial charge in [0.2, 0.25) is 0 Å². The Morgan fingerprint density at radius 2 is 2.21 bits per heavy atom. The van der Waals surface area contributed by atoms with Gasteiger partial charge in [-0.25, -0.2) is 8.78 Å². The molecule has 0 spiro atoms. The molecule has 108 valence electrons. The van der Waals surface area contributed by atoms with Crippen LogP contribution in [-0.2, 0) is 6.54 Å². The number of nitrogen functional groups attached to an aromatic ring is 1. The second-order valence-electron chi connectivity index (χ2n) is 4.03. The number of anilines is 1. The molecule has 0 aliphatic heterocycles. The number of nitrogens with zero attached hydrogens (tertiary/aromatic N) is 3. The van der Waals surface area contributed by atoms with Gasteiger partial charge in [-0.05, 0) is 13.8 Å². The number of hydrogen-bond acceptors (Lipinski definition) is 4. The first-order valence-corrected chi connectivity index (χ1v) is 5.93. The number of aliphatic hydroxyl groups excluding tert-OH is 1. The van der Waals surface area contributed by atoms with Crippen molar-refractivity contribution in [3.63, 3.8) is 0 Å². The molecule has 19 heavy (non-hydrogen) atoms. The fourth-order valence-electron chi connectivity index (χ4n) is 1.76. The molecule has 0 aliphatic carbocycles. The number of aryl methyl sites for hydroxylation is 2. The molecule has 1 rings (SSSR count). The number of rotatable bonds is 6. The first kappa shape index (κ1) is 15.4. The van der Waals surface area contributed by atoms with Crippen molar-refractivity contribution in [2.75, 3.05) is 25.4 Å². The van der Waals surface area contributed by atoms with Crippen LogP contribution in [0.15, 0.2) is 0 Å². The Bertz CT molecular complexity index is 448. The van der Waals surface area contributed by atoms with Gasteiger partial charge in [0.1, 0.15) is 5.69 Å². The maximum atomic E-state index is 12.4. The summed E-state index contributed by atoms with van der Waals surface area (Å²) in [5, 5.41) is 12.9. The summed E-state index contributed by atoms with van der Waals surface area (Å²) in [4.78, 5) is 13.1. The molecule has 0 radical (unpaired) electrons. The summed E-state index contributed by atoms with van der Waals surface area (Å²) in [5.74, 6) is -0.644. The molecule has 3 N–H and O–H groups in total. The molecule has 1 aromatic heterocycles. The molecule has 0 aliphatic rings. The predicted molar refractivity (Wildman–Crippen MR) is 66.0 cm³/mol. The predicted octanol–water partition coefficient (Wildman–Crippen LogP) is 0.493. The van der Waals surface area contributed by atoms with Crippen LogP contribution >= 0.6 is 0 Å². The lowest BCUT2D eigenvalue weighted by molar-refractivity contribution is 0.0500. The number of nitrogens with two attached hydrogens (primary N) is 1. The van der Waals surface area contributed by atoms with Crippen molar-refractivity contribution in [1.29, 1.82) is 0 Å². The van der Waals surface area contributed by atoms with Crippen molar-refractivity contribution >= 4 is 11.6 Å². The molecule has 0 saturated carbocycles. The number of amides is 1. The topological polar surface area (TPSA) is 84.4 Å². The molecule has 0 fully saturated rings. The van der Waals surface area contributed by atoms with E-state index in [0.717, 1.165) is 4.90 Å². The first-order chi connectivity index (χ1) is 8.92. The summed E-state index contributed by atoms with van der Waals surface area (Å²) < 4.78 is 26.3. The Morgan fingerprint density at radius 1 is 1.58 bits per heavy atom. The van der Waals surface area contributed by atoms with Crippen LogP contribution in [0.2, 0.25) is 0 Å². The number of carbonyl (C=O) groups excluding carboxylic acids is 1. The summed E-state index contributed by atoms with van der Waals surface area (Å²) in [6, 6.07) is 0. The minimum absolute atomic E-state index is 0.0918. The van der Waals surface area contributed by atoms with E-state index in [1.165, 1.54) is 4.68 Å². The SMILES string of the molecule is CCn1nc(C)c(N)c1C(=O)N(CCO)CC(F)F. The molecular weight excluding hydrogens is 258 g/mol. The summed E-state index contributed by atoms with van der Waals surface area (Å²) in [7, 11) is 0. The average Bonchev–Trinajstić information content (AvgIpc) is 2.63. The number of halogens is 2. The van der Waals surface area contributed by atoms with E-state index in [4.69, 9.17) is 10.8 Å². The van der Waals surface area contributed by atoms with Crippen molar-refractivity contribution in [2.24, 2.45) is 0 Å². The molecule has 1 heterocycles. The molecule has 0 atom stereocenters. The molecule has 0 aromatic carbocycles. The number of carbonyl (C=O) groups is 1. The monoisotopic (exact) mass is 276 g/mol. The third kappa shape index (κ3) is 3.40. The largest absolute Gasteiger partial charge is 0.395 e.